The molecule has 14 heavy (non-hydrogen) atoms. The maximum Gasteiger partial charge on any atom is 0.254 e. The number of ether oxygens (including phenoxy) is 1. The second-order valence-corrected chi connectivity index (χ2v) is 4.18. The Morgan fingerprint density at radius 3 is 2.29 bits per heavy atom. The average Bonchev–Trinajstić information content (AvgIpc) is 2.14. The zero-order chi connectivity index (χ0) is 11.5. The predicted molar refractivity (Wildman–Crippen MR) is 60.1 cm³/mol. The van der Waals surface area contributed by atoms with Crippen molar-refractivity contribution in [2.45, 2.75) is 32.4 Å². The van der Waals surface area contributed by atoms with Crippen LogP contribution >= 0.6 is 12.2 Å². The molecule has 1 atom stereocenters. The van der Waals surface area contributed by atoms with Gasteiger partial charge in [-0.2, -0.15) is 0 Å². The molecule has 0 saturated carbocycles. The lowest BCUT2D eigenvalue weighted by molar-refractivity contribution is -0.150. The van der Waals surface area contributed by atoms with E-state index in [0.717, 1.165) is 0 Å². The van der Waals surface area contributed by atoms with Gasteiger partial charge in [0.1, 0.15) is 5.60 Å². The summed E-state index contributed by atoms with van der Waals surface area (Å²) in [4.78, 5) is 13.6. The fraction of sp³-hybridized carbons (Fsp3) is 0.778. The molecule has 4 nitrogen and oxygen atoms in total. The molecule has 0 bridgehead atoms. The number of hydrogen-bond acceptors (Lipinski definition) is 3. The minimum absolute atomic E-state index is 0.139. The minimum Gasteiger partial charge on any atom is -0.392 e. The Morgan fingerprint density at radius 1 is 1.57 bits per heavy atom. The van der Waals surface area contributed by atoms with Crippen LogP contribution in [0.15, 0.2) is 0 Å². The third-order valence-corrected chi connectivity index (χ3v) is 2.68. The number of methoxy groups -OCH3 is 1. The molecule has 0 aromatic carbocycles. The monoisotopic (exact) mass is 218 g/mol. The Labute approximate surface area is 90.4 Å². The van der Waals surface area contributed by atoms with Gasteiger partial charge in [0.2, 0.25) is 0 Å². The Morgan fingerprint density at radius 2 is 2.00 bits per heavy atom. The maximum atomic E-state index is 11.8. The summed E-state index contributed by atoms with van der Waals surface area (Å²) in [6, 6.07) is -0.257. The van der Waals surface area contributed by atoms with E-state index >= 15 is 0 Å². The summed E-state index contributed by atoms with van der Waals surface area (Å²) in [5.41, 5.74) is 4.62. The van der Waals surface area contributed by atoms with Crippen molar-refractivity contribution in [3.63, 3.8) is 0 Å². The molecule has 0 spiro atoms. The van der Waals surface area contributed by atoms with Crippen LogP contribution in [0.4, 0.5) is 0 Å². The molecule has 0 fully saturated rings. The number of nitrogens with zero attached hydrogens (tertiary/aromatic N) is 1. The molecule has 82 valence electrons. The topological polar surface area (TPSA) is 55.6 Å². The van der Waals surface area contributed by atoms with Crippen molar-refractivity contribution < 1.29 is 9.53 Å². The van der Waals surface area contributed by atoms with Gasteiger partial charge in [-0.05, 0) is 20.8 Å². The summed E-state index contributed by atoms with van der Waals surface area (Å²) < 4.78 is 5.08. The standard InChI is InChI=1S/C9H18N2O2S/c1-6(7(10)14)11(4)8(12)9(2,3)13-5/h6H,1-5H3,(H2,10,14). The van der Waals surface area contributed by atoms with Gasteiger partial charge in [0.25, 0.3) is 5.91 Å². The van der Waals surface area contributed by atoms with Crippen LogP contribution in [0, 0.1) is 0 Å². The maximum absolute atomic E-state index is 11.8. The molecular formula is C9H18N2O2S. The van der Waals surface area contributed by atoms with Crippen LogP contribution in [0.25, 0.3) is 0 Å². The van der Waals surface area contributed by atoms with E-state index in [2.05, 4.69) is 0 Å². The molecule has 0 aliphatic carbocycles. The van der Waals surface area contributed by atoms with Crippen molar-refractivity contribution in [3.8, 4) is 0 Å². The summed E-state index contributed by atoms with van der Waals surface area (Å²) in [5, 5.41) is 0. The number of rotatable bonds is 4. The molecule has 0 saturated heterocycles. The number of carbonyl (C=O) groups is 1. The second kappa shape index (κ2) is 4.70. The van der Waals surface area contributed by atoms with Crippen molar-refractivity contribution in [2.24, 2.45) is 5.73 Å². The van der Waals surface area contributed by atoms with Crippen LogP contribution in [0.5, 0.6) is 0 Å². The molecular weight excluding hydrogens is 200 g/mol. The number of carbonyl (C=O) groups excluding carboxylic acids is 1. The SMILES string of the molecule is COC(C)(C)C(=O)N(C)C(C)C(N)=S. The number of likely N-dealkylation sites (N-methyl/N-ethyl adjacent to an activating group) is 1. The molecule has 5 heteroatoms. The van der Waals surface area contributed by atoms with E-state index in [9.17, 15) is 4.79 Å². The molecule has 0 aromatic rings. The summed E-state index contributed by atoms with van der Waals surface area (Å²) in [7, 11) is 3.16. The van der Waals surface area contributed by atoms with Crippen LogP contribution in [0.2, 0.25) is 0 Å². The number of amides is 1. The number of nitrogens with two attached hydrogens (primary N) is 1. The van der Waals surface area contributed by atoms with Crippen molar-refractivity contribution in [2.75, 3.05) is 14.2 Å². The largest absolute Gasteiger partial charge is 0.392 e. The average molecular weight is 218 g/mol. The molecule has 0 aliphatic heterocycles. The van der Waals surface area contributed by atoms with Crippen LogP contribution in [-0.2, 0) is 9.53 Å². The van der Waals surface area contributed by atoms with Crippen molar-refractivity contribution >= 4 is 23.1 Å². The molecule has 0 aliphatic rings. The van der Waals surface area contributed by atoms with Crippen LogP contribution < -0.4 is 5.73 Å². The van der Waals surface area contributed by atoms with Gasteiger partial charge in [-0.1, -0.05) is 12.2 Å². The van der Waals surface area contributed by atoms with Gasteiger partial charge in [-0.3, -0.25) is 4.79 Å². The van der Waals surface area contributed by atoms with E-state index in [1.807, 2.05) is 0 Å². The van der Waals surface area contributed by atoms with E-state index in [4.69, 9.17) is 22.7 Å². The second-order valence-electron chi connectivity index (χ2n) is 3.71. The highest BCUT2D eigenvalue weighted by molar-refractivity contribution is 7.80. The third kappa shape index (κ3) is 2.92. The first-order valence-electron chi connectivity index (χ1n) is 4.35. The highest BCUT2D eigenvalue weighted by Gasteiger charge is 2.32. The Bertz CT molecular complexity index is 241. The molecule has 0 heterocycles. The fourth-order valence-electron chi connectivity index (χ4n) is 0.879. The van der Waals surface area contributed by atoms with Crippen molar-refractivity contribution in [3.05, 3.63) is 0 Å². The molecule has 2 N–H and O–H groups in total. The van der Waals surface area contributed by atoms with Gasteiger partial charge in [0.15, 0.2) is 0 Å². The smallest absolute Gasteiger partial charge is 0.254 e. The van der Waals surface area contributed by atoms with Crippen molar-refractivity contribution in [1.82, 2.24) is 4.90 Å². The number of hydrogen-bond donors (Lipinski definition) is 1. The molecule has 0 aromatic heterocycles. The zero-order valence-corrected chi connectivity index (χ0v) is 10.1. The lowest BCUT2D eigenvalue weighted by Gasteiger charge is -2.31. The summed E-state index contributed by atoms with van der Waals surface area (Å²) in [5.74, 6) is -0.139. The van der Waals surface area contributed by atoms with Crippen LogP contribution in [0.3, 0.4) is 0 Å². The molecule has 1 amide bonds. The van der Waals surface area contributed by atoms with Gasteiger partial charge in [-0.15, -0.1) is 0 Å². The molecule has 0 rings (SSSR count). The van der Waals surface area contributed by atoms with Crippen LogP contribution in [-0.4, -0.2) is 41.6 Å². The lowest BCUT2D eigenvalue weighted by Crippen LogP contribution is -2.51. The normalized spacial score (nSPS) is 13.5. The van der Waals surface area contributed by atoms with Crippen molar-refractivity contribution in [1.29, 1.82) is 0 Å². The predicted octanol–water partition coefficient (Wildman–Crippen LogP) is 0.544. The van der Waals surface area contributed by atoms with Gasteiger partial charge < -0.3 is 15.4 Å². The lowest BCUT2D eigenvalue weighted by atomic mass is 10.1. The van der Waals surface area contributed by atoms with E-state index in [0.29, 0.717) is 4.99 Å². The van der Waals surface area contributed by atoms with Gasteiger partial charge in [0.05, 0.1) is 11.0 Å². The first-order chi connectivity index (χ1) is 6.24. The zero-order valence-electron chi connectivity index (χ0n) is 9.33. The summed E-state index contributed by atoms with van der Waals surface area (Å²) >= 11 is 4.82. The van der Waals surface area contributed by atoms with Crippen LogP contribution in [0.1, 0.15) is 20.8 Å². The number of thiocarbonyl (C=S) groups is 1. The minimum atomic E-state index is -0.839. The first kappa shape index (κ1) is 13.3. The third-order valence-electron chi connectivity index (χ3n) is 2.34. The highest BCUT2D eigenvalue weighted by atomic mass is 32.1. The summed E-state index contributed by atoms with van der Waals surface area (Å²) in [6.07, 6.45) is 0. The van der Waals surface area contributed by atoms with Gasteiger partial charge in [0, 0.05) is 14.2 Å². The molecule has 0 radical (unpaired) electrons. The highest BCUT2D eigenvalue weighted by Crippen LogP contribution is 2.13. The van der Waals surface area contributed by atoms with E-state index < -0.39 is 5.60 Å². The quantitative estimate of drug-likeness (QED) is 0.700. The molecule has 1 unspecified atom stereocenters. The Balaban J connectivity index is 4.63. The first-order valence-corrected chi connectivity index (χ1v) is 4.76. The summed E-state index contributed by atoms with van der Waals surface area (Å²) in [6.45, 7) is 5.20. The Hall–Kier alpha value is -0.680. The fourth-order valence-corrected chi connectivity index (χ4v) is 1.04. The van der Waals surface area contributed by atoms with E-state index in [1.54, 1.807) is 27.8 Å². The van der Waals surface area contributed by atoms with Gasteiger partial charge >= 0.3 is 0 Å². The van der Waals surface area contributed by atoms with E-state index in [1.165, 1.54) is 12.0 Å². The Kier molecular flexibility index (Phi) is 4.48. The van der Waals surface area contributed by atoms with E-state index in [-0.39, 0.29) is 11.9 Å². The van der Waals surface area contributed by atoms with Gasteiger partial charge in [-0.25, -0.2) is 0 Å².